The van der Waals surface area contributed by atoms with Crippen molar-refractivity contribution in [3.8, 4) is 0 Å². The number of hydrogen-bond acceptors (Lipinski definition) is 5. The number of hydrogen-bond donors (Lipinski definition) is 1. The molecule has 1 saturated carbocycles. The number of rotatable bonds is 6. The Morgan fingerprint density at radius 2 is 2.03 bits per heavy atom. The Kier molecular flexibility index (Phi) is 6.53. The van der Waals surface area contributed by atoms with Crippen molar-refractivity contribution in [1.29, 1.82) is 0 Å². The SMILES string of the molecule is CC1C(CNC(=O)c2cccc3nc(C(=O)N(C)CC4OCCO4)cn23)CCCC1(C)C. The lowest BCUT2D eigenvalue weighted by Gasteiger charge is -2.42. The van der Waals surface area contributed by atoms with Crippen molar-refractivity contribution in [1.82, 2.24) is 19.6 Å². The number of ether oxygens (including phenoxy) is 2. The van der Waals surface area contributed by atoms with Crippen LogP contribution in [-0.4, -0.2) is 65.7 Å². The number of fused-ring (bicyclic) bond motifs is 1. The summed E-state index contributed by atoms with van der Waals surface area (Å²) in [6.45, 7) is 8.99. The number of nitrogens with zero attached hydrogens (tertiary/aromatic N) is 3. The second kappa shape index (κ2) is 9.19. The third kappa shape index (κ3) is 4.66. The molecule has 2 unspecified atom stereocenters. The molecule has 2 aliphatic rings. The van der Waals surface area contributed by atoms with Gasteiger partial charge >= 0.3 is 0 Å². The average Bonchev–Trinajstić information content (AvgIpc) is 3.43. The van der Waals surface area contributed by atoms with E-state index in [1.165, 1.54) is 17.7 Å². The monoisotopic (exact) mass is 442 g/mol. The Morgan fingerprint density at radius 1 is 1.28 bits per heavy atom. The van der Waals surface area contributed by atoms with Gasteiger partial charge in [-0.2, -0.15) is 0 Å². The van der Waals surface area contributed by atoms with Crippen molar-refractivity contribution in [2.24, 2.45) is 17.3 Å². The molecule has 2 fully saturated rings. The van der Waals surface area contributed by atoms with E-state index >= 15 is 0 Å². The number of amides is 2. The highest BCUT2D eigenvalue weighted by atomic mass is 16.7. The zero-order valence-corrected chi connectivity index (χ0v) is 19.5. The molecule has 0 aromatic carbocycles. The molecular weight excluding hydrogens is 408 g/mol. The van der Waals surface area contributed by atoms with Gasteiger partial charge in [0.25, 0.3) is 11.8 Å². The van der Waals surface area contributed by atoms with E-state index in [9.17, 15) is 9.59 Å². The highest BCUT2D eigenvalue weighted by Crippen LogP contribution is 2.43. The van der Waals surface area contributed by atoms with Gasteiger partial charge in [-0.15, -0.1) is 0 Å². The van der Waals surface area contributed by atoms with E-state index in [1.54, 1.807) is 35.8 Å². The molecule has 2 aromatic heterocycles. The van der Waals surface area contributed by atoms with E-state index in [4.69, 9.17) is 9.47 Å². The van der Waals surface area contributed by atoms with E-state index < -0.39 is 6.29 Å². The van der Waals surface area contributed by atoms with Crippen LogP contribution < -0.4 is 5.32 Å². The smallest absolute Gasteiger partial charge is 0.273 e. The molecule has 8 heteroatoms. The van der Waals surface area contributed by atoms with E-state index in [1.807, 2.05) is 0 Å². The summed E-state index contributed by atoms with van der Waals surface area (Å²) in [6, 6.07) is 5.35. The van der Waals surface area contributed by atoms with Crippen molar-refractivity contribution in [2.45, 2.75) is 46.3 Å². The highest BCUT2D eigenvalue weighted by Gasteiger charge is 2.35. The van der Waals surface area contributed by atoms with E-state index in [0.717, 1.165) is 6.42 Å². The van der Waals surface area contributed by atoms with Crippen LogP contribution in [0.25, 0.3) is 5.65 Å². The van der Waals surface area contributed by atoms with Gasteiger partial charge in [0.15, 0.2) is 6.29 Å². The third-order valence-corrected chi connectivity index (χ3v) is 7.26. The average molecular weight is 443 g/mol. The summed E-state index contributed by atoms with van der Waals surface area (Å²) in [5.74, 6) is 0.629. The Hall–Kier alpha value is -2.45. The van der Waals surface area contributed by atoms with E-state index in [0.29, 0.717) is 54.9 Å². The Labute approximate surface area is 189 Å². The van der Waals surface area contributed by atoms with Crippen molar-refractivity contribution >= 4 is 17.5 Å². The van der Waals surface area contributed by atoms with Crippen LogP contribution in [0.3, 0.4) is 0 Å². The van der Waals surface area contributed by atoms with Gasteiger partial charge < -0.3 is 19.7 Å². The molecule has 1 N–H and O–H groups in total. The Balaban J connectivity index is 1.45. The van der Waals surface area contributed by atoms with Gasteiger partial charge in [-0.25, -0.2) is 4.98 Å². The standard InChI is InChI=1S/C24H34N4O4/c1-16-17(7-6-10-24(16,2)3)13-25-22(29)19-8-5-9-20-26-18(14-28(19)20)23(30)27(4)15-21-31-11-12-32-21/h5,8-9,14,16-17,21H,6-7,10-13,15H2,1-4H3,(H,25,29). The number of aromatic nitrogens is 2. The largest absolute Gasteiger partial charge is 0.350 e. The van der Waals surface area contributed by atoms with E-state index in [2.05, 4.69) is 31.1 Å². The zero-order valence-electron chi connectivity index (χ0n) is 19.5. The molecule has 2 aromatic rings. The molecule has 32 heavy (non-hydrogen) atoms. The van der Waals surface area contributed by atoms with Gasteiger partial charge in [0.05, 0.1) is 19.8 Å². The van der Waals surface area contributed by atoms with Gasteiger partial charge in [-0.1, -0.05) is 33.3 Å². The fourth-order valence-electron chi connectivity index (χ4n) is 4.84. The van der Waals surface area contributed by atoms with E-state index in [-0.39, 0.29) is 17.5 Å². The maximum Gasteiger partial charge on any atom is 0.273 e. The van der Waals surface area contributed by atoms with Crippen LogP contribution in [0.5, 0.6) is 0 Å². The molecule has 2 atom stereocenters. The zero-order chi connectivity index (χ0) is 22.9. The molecule has 174 valence electrons. The number of pyridine rings is 1. The number of likely N-dealkylation sites (N-methyl/N-ethyl adjacent to an activating group) is 1. The van der Waals surface area contributed by atoms with Gasteiger partial charge in [0.2, 0.25) is 0 Å². The number of carbonyl (C=O) groups excluding carboxylic acids is 2. The van der Waals surface area contributed by atoms with Crippen molar-refractivity contribution < 1.29 is 19.1 Å². The first-order valence-corrected chi connectivity index (χ1v) is 11.5. The first-order chi connectivity index (χ1) is 15.3. The Morgan fingerprint density at radius 3 is 2.78 bits per heavy atom. The predicted molar refractivity (Wildman–Crippen MR) is 120 cm³/mol. The Bertz CT molecular complexity index is 980. The normalized spacial score (nSPS) is 23.4. The molecular formula is C24H34N4O4. The van der Waals surface area contributed by atoms with Gasteiger partial charge in [0.1, 0.15) is 17.0 Å². The molecule has 1 saturated heterocycles. The summed E-state index contributed by atoms with van der Waals surface area (Å²) < 4.78 is 12.5. The minimum absolute atomic E-state index is 0.149. The first kappa shape index (κ1) is 22.7. The van der Waals surface area contributed by atoms with Crippen LogP contribution in [0.4, 0.5) is 0 Å². The van der Waals surface area contributed by atoms with Crippen LogP contribution in [0.1, 0.15) is 61.0 Å². The molecule has 1 aliphatic carbocycles. The minimum Gasteiger partial charge on any atom is -0.350 e. The minimum atomic E-state index is -0.408. The molecule has 8 nitrogen and oxygen atoms in total. The van der Waals surface area contributed by atoms with Crippen LogP contribution in [-0.2, 0) is 9.47 Å². The summed E-state index contributed by atoms with van der Waals surface area (Å²) >= 11 is 0. The molecule has 0 spiro atoms. The summed E-state index contributed by atoms with van der Waals surface area (Å²) in [4.78, 5) is 31.8. The maximum atomic E-state index is 13.0. The fraction of sp³-hybridized carbons (Fsp3) is 0.625. The molecule has 1 aliphatic heterocycles. The maximum absolute atomic E-state index is 13.0. The van der Waals surface area contributed by atoms with Gasteiger partial charge in [-0.3, -0.25) is 14.0 Å². The lowest BCUT2D eigenvalue weighted by molar-refractivity contribution is -0.0543. The second-order valence-electron chi connectivity index (χ2n) is 9.76. The molecule has 0 radical (unpaired) electrons. The van der Waals surface area contributed by atoms with Crippen LogP contribution in [0.15, 0.2) is 24.4 Å². The van der Waals surface area contributed by atoms with Crippen LogP contribution >= 0.6 is 0 Å². The van der Waals surface area contributed by atoms with Crippen LogP contribution in [0, 0.1) is 17.3 Å². The number of imidazole rings is 1. The fourth-order valence-corrected chi connectivity index (χ4v) is 4.84. The summed E-state index contributed by atoms with van der Waals surface area (Å²) in [5, 5.41) is 3.12. The predicted octanol–water partition coefficient (Wildman–Crippen LogP) is 2.97. The van der Waals surface area contributed by atoms with Crippen LogP contribution in [0.2, 0.25) is 0 Å². The third-order valence-electron chi connectivity index (χ3n) is 7.26. The lowest BCUT2D eigenvalue weighted by atomic mass is 9.64. The van der Waals surface area contributed by atoms with Gasteiger partial charge in [-0.05, 0) is 42.2 Å². The molecule has 3 heterocycles. The molecule has 2 amide bonds. The van der Waals surface area contributed by atoms with Crippen molar-refractivity contribution in [3.63, 3.8) is 0 Å². The summed E-state index contributed by atoms with van der Waals surface area (Å²) in [7, 11) is 1.69. The quantitative estimate of drug-likeness (QED) is 0.743. The lowest BCUT2D eigenvalue weighted by Crippen LogP contribution is -2.40. The highest BCUT2D eigenvalue weighted by molar-refractivity contribution is 5.95. The summed E-state index contributed by atoms with van der Waals surface area (Å²) in [6.07, 6.45) is 4.79. The van der Waals surface area contributed by atoms with Crippen molar-refractivity contribution in [3.05, 3.63) is 35.8 Å². The topological polar surface area (TPSA) is 85.2 Å². The van der Waals surface area contributed by atoms with Gasteiger partial charge in [0, 0.05) is 19.8 Å². The molecule has 4 rings (SSSR count). The number of carbonyl (C=O) groups is 2. The summed E-state index contributed by atoms with van der Waals surface area (Å²) in [5.41, 5.74) is 1.62. The number of nitrogens with one attached hydrogen (secondary N) is 1. The molecule has 0 bridgehead atoms. The first-order valence-electron chi connectivity index (χ1n) is 11.5. The van der Waals surface area contributed by atoms with Crippen molar-refractivity contribution in [2.75, 3.05) is 33.4 Å². The second-order valence-corrected chi connectivity index (χ2v) is 9.76.